The topological polar surface area (TPSA) is 34.1 Å². The minimum Gasteiger partial charge on any atom is -0.299 e. The fourth-order valence-electron chi connectivity index (χ4n) is 3.08. The van der Waals surface area contributed by atoms with Gasteiger partial charge in [-0.2, -0.15) is 0 Å². The van der Waals surface area contributed by atoms with E-state index in [1.165, 1.54) is 5.57 Å². The van der Waals surface area contributed by atoms with Crippen LogP contribution in [-0.2, 0) is 9.59 Å². The summed E-state index contributed by atoms with van der Waals surface area (Å²) >= 11 is 0. The first-order valence-electron chi connectivity index (χ1n) is 5.17. The van der Waals surface area contributed by atoms with Gasteiger partial charge in [-0.1, -0.05) is 11.6 Å². The molecule has 3 aliphatic rings. The molecular formula is C12H12O2. The van der Waals surface area contributed by atoms with Gasteiger partial charge >= 0.3 is 0 Å². The van der Waals surface area contributed by atoms with Gasteiger partial charge < -0.3 is 0 Å². The Bertz CT molecular complexity index is 389. The van der Waals surface area contributed by atoms with Crippen molar-refractivity contribution in [3.05, 3.63) is 23.8 Å². The molecule has 2 fully saturated rings. The molecule has 2 heteroatoms. The third-order valence-corrected chi connectivity index (χ3v) is 3.84. The van der Waals surface area contributed by atoms with E-state index in [2.05, 4.69) is 0 Å². The molecule has 0 aromatic heterocycles. The van der Waals surface area contributed by atoms with Crippen LogP contribution in [0.3, 0.4) is 0 Å². The number of rotatable bonds is 0. The van der Waals surface area contributed by atoms with Gasteiger partial charge in [-0.15, -0.1) is 0 Å². The molecule has 0 aliphatic heterocycles. The average Bonchev–Trinajstić information content (AvgIpc) is 2.41. The summed E-state index contributed by atoms with van der Waals surface area (Å²) in [5.74, 6) is 0.751. The van der Waals surface area contributed by atoms with Crippen molar-refractivity contribution >= 4 is 11.6 Å². The lowest BCUT2D eigenvalue weighted by Crippen LogP contribution is -2.24. The van der Waals surface area contributed by atoms with Gasteiger partial charge in [0.1, 0.15) is 5.78 Å². The van der Waals surface area contributed by atoms with E-state index in [9.17, 15) is 9.59 Å². The summed E-state index contributed by atoms with van der Waals surface area (Å²) in [7, 11) is 0. The number of hydrogen-bond donors (Lipinski definition) is 0. The molecule has 0 aromatic rings. The molecule has 72 valence electrons. The second kappa shape index (κ2) is 2.44. The molecule has 2 saturated carbocycles. The van der Waals surface area contributed by atoms with Crippen LogP contribution < -0.4 is 0 Å². The molecule has 0 radical (unpaired) electrons. The van der Waals surface area contributed by atoms with Crippen LogP contribution in [0.5, 0.6) is 0 Å². The Morgan fingerprint density at radius 3 is 3.07 bits per heavy atom. The summed E-state index contributed by atoms with van der Waals surface area (Å²) in [6, 6.07) is 0. The zero-order valence-electron chi connectivity index (χ0n) is 7.95. The van der Waals surface area contributed by atoms with Gasteiger partial charge in [0.05, 0.1) is 0 Å². The Labute approximate surface area is 82.7 Å². The quantitative estimate of drug-likeness (QED) is 0.581. The molecule has 0 N–H and O–H groups in total. The summed E-state index contributed by atoms with van der Waals surface area (Å²) in [6.45, 7) is 0. The molecule has 3 rings (SSSR count). The summed E-state index contributed by atoms with van der Waals surface area (Å²) in [5, 5.41) is 0. The van der Waals surface area contributed by atoms with E-state index in [1.807, 2.05) is 6.08 Å². The maximum Gasteiger partial charge on any atom is 0.178 e. The first-order valence-corrected chi connectivity index (χ1v) is 5.17. The van der Waals surface area contributed by atoms with Crippen molar-refractivity contribution in [2.45, 2.75) is 25.7 Å². The van der Waals surface area contributed by atoms with Gasteiger partial charge in [-0.3, -0.25) is 9.59 Å². The second-order valence-electron chi connectivity index (χ2n) is 4.64. The second-order valence-corrected chi connectivity index (χ2v) is 4.64. The van der Waals surface area contributed by atoms with E-state index >= 15 is 0 Å². The standard InChI is InChI=1S/C12H12O2/c13-10-3-4-12-6-8(11(14)7-12)1-2-9(12)5-10/h3-5,8H,1-2,6-7H2/t8-,12-/m0/s1. The first-order chi connectivity index (χ1) is 6.70. The average molecular weight is 188 g/mol. The van der Waals surface area contributed by atoms with Gasteiger partial charge in [-0.05, 0) is 31.4 Å². The molecule has 2 atom stereocenters. The molecule has 1 spiro atoms. The number of carbonyl (C=O) groups is 2. The fourth-order valence-corrected chi connectivity index (χ4v) is 3.08. The predicted molar refractivity (Wildman–Crippen MR) is 51.6 cm³/mol. The number of allylic oxidation sites excluding steroid dienone is 4. The Morgan fingerprint density at radius 1 is 1.36 bits per heavy atom. The SMILES string of the molecule is O=C1C=C[C@]23CC(=O)[C@@H](CCC2=C1)C3. The van der Waals surface area contributed by atoms with E-state index in [0.29, 0.717) is 12.2 Å². The van der Waals surface area contributed by atoms with Crippen LogP contribution in [0.2, 0.25) is 0 Å². The van der Waals surface area contributed by atoms with Crippen molar-refractivity contribution in [2.24, 2.45) is 11.3 Å². The highest BCUT2D eigenvalue weighted by molar-refractivity contribution is 6.02. The lowest BCUT2D eigenvalue weighted by atomic mass is 9.69. The molecule has 2 nitrogen and oxygen atoms in total. The molecular weight excluding hydrogens is 176 g/mol. The largest absolute Gasteiger partial charge is 0.299 e. The van der Waals surface area contributed by atoms with Gasteiger partial charge in [0, 0.05) is 17.8 Å². The molecule has 2 bridgehead atoms. The van der Waals surface area contributed by atoms with Crippen molar-refractivity contribution < 1.29 is 9.59 Å². The molecule has 0 heterocycles. The molecule has 0 aromatic carbocycles. The number of hydrogen-bond acceptors (Lipinski definition) is 2. The lowest BCUT2D eigenvalue weighted by Gasteiger charge is -2.34. The summed E-state index contributed by atoms with van der Waals surface area (Å²) in [4.78, 5) is 22.9. The van der Waals surface area contributed by atoms with E-state index in [1.54, 1.807) is 12.2 Å². The zero-order chi connectivity index (χ0) is 9.76. The van der Waals surface area contributed by atoms with Gasteiger partial charge in [0.25, 0.3) is 0 Å². The highest BCUT2D eigenvalue weighted by Crippen LogP contribution is 2.54. The van der Waals surface area contributed by atoms with Gasteiger partial charge in [-0.25, -0.2) is 0 Å². The minimum atomic E-state index is -0.0477. The highest BCUT2D eigenvalue weighted by Gasteiger charge is 2.49. The minimum absolute atomic E-state index is 0.0477. The number of carbonyl (C=O) groups excluding carboxylic acids is 2. The van der Waals surface area contributed by atoms with Crippen molar-refractivity contribution in [3.63, 3.8) is 0 Å². The maximum atomic E-state index is 11.6. The Morgan fingerprint density at radius 2 is 2.21 bits per heavy atom. The Kier molecular flexibility index (Phi) is 1.42. The highest BCUT2D eigenvalue weighted by atomic mass is 16.1. The van der Waals surface area contributed by atoms with Crippen LogP contribution in [-0.4, -0.2) is 11.6 Å². The normalized spacial score (nSPS) is 39.7. The van der Waals surface area contributed by atoms with Gasteiger partial charge in [0.2, 0.25) is 0 Å². The molecule has 0 amide bonds. The molecule has 3 aliphatic carbocycles. The predicted octanol–water partition coefficient (Wildman–Crippen LogP) is 1.81. The van der Waals surface area contributed by atoms with Crippen LogP contribution in [0.1, 0.15) is 25.7 Å². The summed E-state index contributed by atoms with van der Waals surface area (Å²) in [5.41, 5.74) is 1.15. The van der Waals surface area contributed by atoms with E-state index in [-0.39, 0.29) is 17.1 Å². The lowest BCUT2D eigenvalue weighted by molar-refractivity contribution is -0.120. The van der Waals surface area contributed by atoms with Crippen LogP contribution in [0.15, 0.2) is 23.8 Å². The zero-order valence-corrected chi connectivity index (χ0v) is 7.95. The van der Waals surface area contributed by atoms with Crippen LogP contribution in [0, 0.1) is 11.3 Å². The number of ketones is 2. The number of Topliss-reactive ketones (excluding diaryl/α,β-unsaturated/α-hetero) is 1. The third kappa shape index (κ3) is 0.912. The van der Waals surface area contributed by atoms with Gasteiger partial charge in [0.15, 0.2) is 5.78 Å². The summed E-state index contributed by atoms with van der Waals surface area (Å²) < 4.78 is 0. The van der Waals surface area contributed by atoms with E-state index in [0.717, 1.165) is 19.3 Å². The number of fused-ring (bicyclic) bond motifs is 1. The van der Waals surface area contributed by atoms with Crippen LogP contribution in [0.25, 0.3) is 0 Å². The van der Waals surface area contributed by atoms with Crippen molar-refractivity contribution in [3.8, 4) is 0 Å². The first kappa shape index (κ1) is 8.16. The van der Waals surface area contributed by atoms with Crippen molar-refractivity contribution in [1.82, 2.24) is 0 Å². The third-order valence-electron chi connectivity index (χ3n) is 3.84. The van der Waals surface area contributed by atoms with E-state index in [4.69, 9.17) is 0 Å². The molecule has 0 saturated heterocycles. The summed E-state index contributed by atoms with van der Waals surface area (Å²) in [6.07, 6.45) is 8.82. The van der Waals surface area contributed by atoms with Crippen molar-refractivity contribution in [1.29, 1.82) is 0 Å². The molecule has 14 heavy (non-hydrogen) atoms. The van der Waals surface area contributed by atoms with Crippen molar-refractivity contribution in [2.75, 3.05) is 0 Å². The Hall–Kier alpha value is -1.18. The monoisotopic (exact) mass is 188 g/mol. The van der Waals surface area contributed by atoms with Crippen LogP contribution in [0.4, 0.5) is 0 Å². The Balaban J connectivity index is 2.09. The maximum absolute atomic E-state index is 11.6. The van der Waals surface area contributed by atoms with E-state index < -0.39 is 0 Å². The van der Waals surface area contributed by atoms with Crippen LogP contribution >= 0.6 is 0 Å². The molecule has 0 unspecified atom stereocenters. The smallest absolute Gasteiger partial charge is 0.178 e. The fraction of sp³-hybridized carbons (Fsp3) is 0.500.